The van der Waals surface area contributed by atoms with Gasteiger partial charge in [0, 0.05) is 0 Å². The van der Waals surface area contributed by atoms with Gasteiger partial charge in [-0.1, -0.05) is 0 Å². The Morgan fingerprint density at radius 2 is 2.30 bits per heavy atom. The summed E-state index contributed by atoms with van der Waals surface area (Å²) in [4.78, 5) is 9.86. The predicted octanol–water partition coefficient (Wildman–Crippen LogP) is 1.48. The molecule has 10 heavy (non-hydrogen) atoms. The standard InChI is InChI=1S/C2H4Cl.C2H5.CH2NO2.Tl/c1-2-3;1-2;1-2(3)4;/h2H,1H3;1H2,2H3;1H2;. The van der Waals surface area contributed by atoms with E-state index < -0.39 is 22.7 Å². The van der Waals surface area contributed by atoms with E-state index in [1.54, 1.807) is 0 Å². The molecule has 5 heteroatoms. The second-order valence-corrected chi connectivity index (χ2v) is 19.1. The minimum atomic E-state index is -2.05. The minimum absolute atomic E-state index is 0.121. The molecule has 1 atom stereocenters. The molecule has 0 N–H and O–H groups in total. The summed E-state index contributed by atoms with van der Waals surface area (Å²) in [5.41, 5.74) is 0. The Balaban J connectivity index is 3.71. The van der Waals surface area contributed by atoms with Crippen molar-refractivity contribution in [2.24, 2.45) is 0 Å². The summed E-state index contributed by atoms with van der Waals surface area (Å²) < 4.78 is 1.32. The normalized spacial score (nSPS) is 12.7. The van der Waals surface area contributed by atoms with Gasteiger partial charge in [-0.25, -0.2) is 0 Å². The van der Waals surface area contributed by atoms with Gasteiger partial charge in [0.05, 0.1) is 0 Å². The average molecular weight is 357 g/mol. The van der Waals surface area contributed by atoms with Crippen LogP contribution in [0.1, 0.15) is 13.8 Å². The fourth-order valence-corrected chi connectivity index (χ4v) is 9.20. The van der Waals surface area contributed by atoms with E-state index in [1.807, 2.05) is 13.8 Å². The van der Waals surface area contributed by atoms with Crippen molar-refractivity contribution in [3.63, 3.8) is 0 Å². The molecule has 0 aliphatic carbocycles. The summed E-state index contributed by atoms with van der Waals surface area (Å²) in [6.07, 6.45) is 0. The van der Waals surface area contributed by atoms with E-state index in [-0.39, 0.29) is 12.0 Å². The second-order valence-electron chi connectivity index (χ2n) is 2.36. The van der Waals surface area contributed by atoms with E-state index >= 15 is 0 Å². The molecule has 0 saturated heterocycles. The average Bonchev–Trinajstić information content (AvgIpc) is 1.81. The Labute approximate surface area is 74.0 Å². The molecular formula is C5H11ClNO2Tl. The van der Waals surface area contributed by atoms with Crippen LogP contribution in [0.4, 0.5) is 0 Å². The van der Waals surface area contributed by atoms with Crippen molar-refractivity contribution in [2.75, 3.05) is 4.10 Å². The molecule has 0 aromatic heterocycles. The third kappa shape index (κ3) is 4.43. The summed E-state index contributed by atoms with van der Waals surface area (Å²) in [5, 5.41) is 10.1. The summed E-state index contributed by atoms with van der Waals surface area (Å²) in [6.45, 7) is 3.90. The van der Waals surface area contributed by atoms with Crippen LogP contribution < -0.4 is 0 Å². The molecule has 58 valence electrons. The fourth-order valence-electron chi connectivity index (χ4n) is 0.791. The van der Waals surface area contributed by atoms with Gasteiger partial charge < -0.3 is 0 Å². The number of halogens is 1. The molecule has 0 radical (unpaired) electrons. The maximum atomic E-state index is 10.1. The zero-order valence-electron chi connectivity index (χ0n) is 6.21. The maximum absolute atomic E-state index is 10.1. The number of alkyl halides is 1. The van der Waals surface area contributed by atoms with Gasteiger partial charge in [-0.05, 0) is 0 Å². The monoisotopic (exact) mass is 357 g/mol. The molecule has 0 bridgehead atoms. The van der Waals surface area contributed by atoms with Crippen LogP contribution in [0.3, 0.4) is 0 Å². The van der Waals surface area contributed by atoms with Gasteiger partial charge in [0.1, 0.15) is 0 Å². The van der Waals surface area contributed by atoms with Crippen LogP contribution in [0.2, 0.25) is 3.98 Å². The number of hydrogen-bond donors (Lipinski definition) is 0. The Morgan fingerprint density at radius 3 is 2.40 bits per heavy atom. The van der Waals surface area contributed by atoms with Crippen molar-refractivity contribution in [3.8, 4) is 0 Å². The van der Waals surface area contributed by atoms with Gasteiger partial charge in [-0.3, -0.25) is 0 Å². The van der Waals surface area contributed by atoms with Gasteiger partial charge in [0.2, 0.25) is 0 Å². The van der Waals surface area contributed by atoms with Gasteiger partial charge >= 0.3 is 74.2 Å². The van der Waals surface area contributed by atoms with Gasteiger partial charge in [-0.2, -0.15) is 0 Å². The van der Waals surface area contributed by atoms with E-state index in [0.29, 0.717) is 0 Å². The third-order valence-electron chi connectivity index (χ3n) is 1.56. The number of hydrogen-bond acceptors (Lipinski definition) is 2. The van der Waals surface area contributed by atoms with E-state index in [1.165, 1.54) is 0 Å². The molecule has 0 amide bonds. The van der Waals surface area contributed by atoms with E-state index in [0.717, 1.165) is 3.98 Å². The van der Waals surface area contributed by atoms with Crippen molar-refractivity contribution in [1.29, 1.82) is 0 Å². The first kappa shape index (κ1) is 10.6. The number of nitro groups is 1. The molecule has 0 aliphatic rings. The summed E-state index contributed by atoms with van der Waals surface area (Å²) in [5.74, 6) is 0. The van der Waals surface area contributed by atoms with Crippen LogP contribution in [0, 0.1) is 10.1 Å². The van der Waals surface area contributed by atoms with Gasteiger partial charge in [0.15, 0.2) is 0 Å². The third-order valence-corrected chi connectivity index (χ3v) is 16.8. The molecular weight excluding hydrogens is 346 g/mol. The molecule has 0 fully saturated rings. The molecule has 0 spiro atoms. The summed E-state index contributed by atoms with van der Waals surface area (Å²) in [6, 6.07) is 0. The topological polar surface area (TPSA) is 43.1 Å². The van der Waals surface area contributed by atoms with Crippen LogP contribution in [0.5, 0.6) is 0 Å². The predicted molar refractivity (Wildman–Crippen MR) is 43.4 cm³/mol. The summed E-state index contributed by atoms with van der Waals surface area (Å²) >= 11 is 3.73. The number of nitrogens with zero attached hydrogens (tertiary/aromatic N) is 1. The van der Waals surface area contributed by atoms with Gasteiger partial charge in [0.25, 0.3) is 0 Å². The first-order valence-electron chi connectivity index (χ1n) is 3.33. The Bertz CT molecular complexity index is 120. The van der Waals surface area contributed by atoms with Crippen LogP contribution in [0.25, 0.3) is 0 Å². The number of rotatable bonds is 4. The zero-order valence-corrected chi connectivity index (χ0v) is 11.5. The Morgan fingerprint density at radius 1 is 1.80 bits per heavy atom. The fraction of sp³-hybridized carbons (Fsp3) is 1.00. The molecule has 3 nitrogen and oxygen atoms in total. The van der Waals surface area contributed by atoms with Crippen LogP contribution in [-0.2, 0) is 0 Å². The van der Waals surface area contributed by atoms with Crippen LogP contribution >= 0.6 is 11.6 Å². The van der Waals surface area contributed by atoms with Crippen LogP contribution in [-0.4, -0.2) is 34.7 Å². The molecule has 1 unspecified atom stereocenters. The van der Waals surface area contributed by atoms with Crippen molar-refractivity contribution in [3.05, 3.63) is 10.1 Å². The zero-order chi connectivity index (χ0) is 8.15. The van der Waals surface area contributed by atoms with E-state index in [4.69, 9.17) is 11.6 Å². The molecule has 0 saturated carbocycles. The molecule has 0 rings (SSSR count). The summed E-state index contributed by atoms with van der Waals surface area (Å²) in [7, 11) is 0. The van der Waals surface area contributed by atoms with Crippen molar-refractivity contribution in [1.82, 2.24) is 0 Å². The van der Waals surface area contributed by atoms with E-state index in [2.05, 4.69) is 0 Å². The molecule has 0 aromatic rings. The van der Waals surface area contributed by atoms with Crippen LogP contribution in [0.15, 0.2) is 0 Å². The van der Waals surface area contributed by atoms with Crippen molar-refractivity contribution >= 4 is 34.3 Å². The Hall–Kier alpha value is 0.612. The van der Waals surface area contributed by atoms with E-state index in [9.17, 15) is 10.1 Å². The van der Waals surface area contributed by atoms with Gasteiger partial charge in [-0.15, -0.1) is 0 Å². The van der Waals surface area contributed by atoms with Crippen molar-refractivity contribution < 1.29 is 4.92 Å². The molecule has 0 aromatic carbocycles. The first-order valence-corrected chi connectivity index (χ1v) is 12.7. The molecule has 0 heterocycles. The second kappa shape index (κ2) is 5.29. The first-order chi connectivity index (χ1) is 4.57. The Kier molecular flexibility index (Phi) is 5.61. The van der Waals surface area contributed by atoms with Crippen molar-refractivity contribution in [2.45, 2.75) is 20.8 Å². The SMILES string of the molecule is C[CH2][Tl]([CH2][N+](=O)[O-])[CH](C)Cl. The molecule has 0 aliphatic heterocycles. The quantitative estimate of drug-likeness (QED) is 0.331.